The predicted molar refractivity (Wildman–Crippen MR) is 119 cm³/mol. The fourth-order valence-electron chi connectivity index (χ4n) is 4.03. The first kappa shape index (κ1) is 21.1. The normalized spacial score (nSPS) is 14.3. The third kappa shape index (κ3) is 4.45. The molecule has 4 aromatic rings. The predicted octanol–water partition coefficient (Wildman–Crippen LogP) is 4.69. The first-order chi connectivity index (χ1) is 15.9. The quantitative estimate of drug-likeness (QED) is 0.441. The molecule has 0 radical (unpaired) electrons. The maximum Gasteiger partial charge on any atom is 0.416 e. The second-order valence-corrected chi connectivity index (χ2v) is 8.09. The summed E-state index contributed by atoms with van der Waals surface area (Å²) in [6.07, 6.45) is 0.0230. The van der Waals surface area contributed by atoms with Gasteiger partial charge in [-0.25, -0.2) is 9.97 Å². The zero-order valence-corrected chi connectivity index (χ0v) is 17.6. The fraction of sp³-hybridized carbons (Fsp3) is 0.208. The highest BCUT2D eigenvalue weighted by Crippen LogP contribution is 2.32. The van der Waals surface area contributed by atoms with E-state index in [4.69, 9.17) is 10.7 Å². The van der Waals surface area contributed by atoms with E-state index in [1.165, 1.54) is 12.1 Å². The summed E-state index contributed by atoms with van der Waals surface area (Å²) >= 11 is 0. The number of alkyl halides is 3. The molecule has 1 aliphatic heterocycles. The highest BCUT2D eigenvalue weighted by Gasteiger charge is 2.30. The average molecular weight is 450 g/mol. The van der Waals surface area contributed by atoms with Gasteiger partial charge >= 0.3 is 6.18 Å². The summed E-state index contributed by atoms with van der Waals surface area (Å²) in [5.74, 6) is 0.682. The van der Waals surface area contributed by atoms with Gasteiger partial charge in [-0.05, 0) is 42.0 Å². The summed E-state index contributed by atoms with van der Waals surface area (Å²) in [4.78, 5) is 11.5. The first-order valence-corrected chi connectivity index (χ1v) is 10.5. The van der Waals surface area contributed by atoms with Crippen molar-refractivity contribution in [2.45, 2.75) is 25.7 Å². The Morgan fingerprint density at radius 2 is 1.70 bits per heavy atom. The minimum absolute atomic E-state index is 0.617. The van der Waals surface area contributed by atoms with Crippen LogP contribution < -0.4 is 5.73 Å². The van der Waals surface area contributed by atoms with Gasteiger partial charge in [-0.3, -0.25) is 10.00 Å². The number of nitrogens with zero attached hydrogens (tertiary/aromatic N) is 4. The molecule has 9 heteroatoms. The SMILES string of the molecule is Nc1ccc(-c2ncc3c(n2)CCN(Cc2cn[nH]c2-c2ccc(C(F)(F)F)cc2)C3)cc1. The van der Waals surface area contributed by atoms with E-state index in [-0.39, 0.29) is 0 Å². The Hall–Kier alpha value is -3.72. The van der Waals surface area contributed by atoms with Crippen LogP contribution in [-0.2, 0) is 25.7 Å². The fourth-order valence-corrected chi connectivity index (χ4v) is 4.03. The highest BCUT2D eigenvalue weighted by atomic mass is 19.4. The van der Waals surface area contributed by atoms with Crippen molar-refractivity contribution in [3.8, 4) is 22.6 Å². The number of benzene rings is 2. The van der Waals surface area contributed by atoms with Gasteiger partial charge in [0, 0.05) is 54.6 Å². The standard InChI is InChI=1S/C24H21F3N6/c25-24(26,27)19-5-1-15(2-6-19)22-18(12-30-32-22)14-33-10-9-21-17(13-33)11-29-23(31-21)16-3-7-20(28)8-4-16/h1-8,11-12H,9-10,13-14,28H2,(H,30,32). The maximum absolute atomic E-state index is 12.9. The molecule has 3 heterocycles. The van der Waals surface area contributed by atoms with E-state index in [1.54, 1.807) is 6.20 Å². The van der Waals surface area contributed by atoms with E-state index >= 15 is 0 Å². The summed E-state index contributed by atoms with van der Waals surface area (Å²) in [5.41, 5.74) is 11.1. The van der Waals surface area contributed by atoms with Crippen LogP contribution >= 0.6 is 0 Å². The van der Waals surface area contributed by atoms with E-state index in [9.17, 15) is 13.2 Å². The van der Waals surface area contributed by atoms with Gasteiger partial charge in [0.2, 0.25) is 0 Å². The van der Waals surface area contributed by atoms with E-state index in [1.807, 2.05) is 30.5 Å². The van der Waals surface area contributed by atoms with Gasteiger partial charge in [0.15, 0.2) is 5.82 Å². The highest BCUT2D eigenvalue weighted by molar-refractivity contribution is 5.63. The summed E-state index contributed by atoms with van der Waals surface area (Å²) < 4.78 is 38.6. The second kappa shape index (κ2) is 8.32. The molecule has 0 unspecified atom stereocenters. The number of hydrogen-bond donors (Lipinski definition) is 2. The Morgan fingerprint density at radius 1 is 0.970 bits per heavy atom. The molecule has 3 N–H and O–H groups in total. The largest absolute Gasteiger partial charge is 0.416 e. The number of hydrogen-bond acceptors (Lipinski definition) is 5. The Balaban J connectivity index is 1.31. The zero-order valence-electron chi connectivity index (χ0n) is 17.6. The van der Waals surface area contributed by atoms with Crippen molar-refractivity contribution < 1.29 is 13.2 Å². The number of H-pyrrole nitrogens is 1. The lowest BCUT2D eigenvalue weighted by Crippen LogP contribution is -2.31. The third-order valence-corrected chi connectivity index (χ3v) is 5.79. The molecule has 0 amide bonds. The molecule has 2 aromatic heterocycles. The Labute approximate surface area is 188 Å². The molecule has 2 aromatic carbocycles. The molecule has 0 spiro atoms. The van der Waals surface area contributed by atoms with Crippen LogP contribution in [0.15, 0.2) is 60.9 Å². The van der Waals surface area contributed by atoms with Gasteiger partial charge in [-0.2, -0.15) is 18.3 Å². The van der Waals surface area contributed by atoms with E-state index < -0.39 is 11.7 Å². The molecular formula is C24H21F3N6. The van der Waals surface area contributed by atoms with Crippen LogP contribution in [0.25, 0.3) is 22.6 Å². The Kier molecular flexibility index (Phi) is 5.33. The number of nitrogen functional groups attached to an aromatic ring is 1. The van der Waals surface area contributed by atoms with Gasteiger partial charge in [0.1, 0.15) is 0 Å². The van der Waals surface area contributed by atoms with Crippen LogP contribution in [0.1, 0.15) is 22.4 Å². The number of aromatic nitrogens is 4. The lowest BCUT2D eigenvalue weighted by molar-refractivity contribution is -0.137. The topological polar surface area (TPSA) is 83.7 Å². The molecule has 6 nitrogen and oxygen atoms in total. The van der Waals surface area contributed by atoms with E-state index in [2.05, 4.69) is 20.1 Å². The number of anilines is 1. The molecule has 0 fully saturated rings. The number of nitrogens with one attached hydrogen (secondary N) is 1. The molecule has 5 rings (SSSR count). The van der Waals surface area contributed by atoms with Crippen molar-refractivity contribution in [1.29, 1.82) is 0 Å². The number of nitrogens with two attached hydrogens (primary N) is 1. The Morgan fingerprint density at radius 3 is 2.42 bits per heavy atom. The number of halogens is 3. The number of aromatic amines is 1. The maximum atomic E-state index is 12.9. The summed E-state index contributed by atoms with van der Waals surface area (Å²) in [6, 6.07) is 12.6. The minimum Gasteiger partial charge on any atom is -0.399 e. The van der Waals surface area contributed by atoms with Crippen molar-refractivity contribution >= 4 is 5.69 Å². The monoisotopic (exact) mass is 450 g/mol. The molecule has 0 saturated carbocycles. The second-order valence-electron chi connectivity index (χ2n) is 8.09. The van der Waals surface area contributed by atoms with Crippen molar-refractivity contribution in [3.05, 3.63) is 83.3 Å². The van der Waals surface area contributed by atoms with Crippen molar-refractivity contribution in [1.82, 2.24) is 25.1 Å². The van der Waals surface area contributed by atoms with Crippen molar-refractivity contribution in [3.63, 3.8) is 0 Å². The zero-order chi connectivity index (χ0) is 23.0. The van der Waals surface area contributed by atoms with Gasteiger partial charge in [-0.15, -0.1) is 0 Å². The molecule has 168 valence electrons. The molecule has 33 heavy (non-hydrogen) atoms. The first-order valence-electron chi connectivity index (χ1n) is 10.5. The van der Waals surface area contributed by atoms with Crippen molar-refractivity contribution in [2.75, 3.05) is 12.3 Å². The van der Waals surface area contributed by atoms with Gasteiger partial charge in [-0.1, -0.05) is 12.1 Å². The minimum atomic E-state index is -4.35. The van der Waals surface area contributed by atoms with Crippen LogP contribution in [0.5, 0.6) is 0 Å². The van der Waals surface area contributed by atoms with Gasteiger partial charge < -0.3 is 5.73 Å². The molecule has 0 bridgehead atoms. The number of rotatable bonds is 4. The van der Waals surface area contributed by atoms with Crippen LogP contribution in [0, 0.1) is 0 Å². The molecule has 1 aliphatic rings. The smallest absolute Gasteiger partial charge is 0.399 e. The van der Waals surface area contributed by atoms with E-state index in [0.717, 1.165) is 53.2 Å². The molecular weight excluding hydrogens is 429 g/mol. The third-order valence-electron chi connectivity index (χ3n) is 5.79. The lowest BCUT2D eigenvalue weighted by atomic mass is 10.0. The number of fused-ring (bicyclic) bond motifs is 1. The summed E-state index contributed by atoms with van der Waals surface area (Å²) in [7, 11) is 0. The van der Waals surface area contributed by atoms with Crippen LogP contribution in [0.2, 0.25) is 0 Å². The lowest BCUT2D eigenvalue weighted by Gasteiger charge is -2.28. The molecule has 0 saturated heterocycles. The van der Waals surface area contributed by atoms with Crippen LogP contribution in [0.3, 0.4) is 0 Å². The van der Waals surface area contributed by atoms with Crippen LogP contribution in [-0.4, -0.2) is 31.6 Å². The van der Waals surface area contributed by atoms with Gasteiger partial charge in [0.05, 0.1) is 23.1 Å². The summed E-state index contributed by atoms with van der Waals surface area (Å²) in [5, 5.41) is 7.05. The molecule has 0 aliphatic carbocycles. The Bertz CT molecular complexity index is 1260. The summed E-state index contributed by atoms with van der Waals surface area (Å²) in [6.45, 7) is 2.11. The van der Waals surface area contributed by atoms with E-state index in [0.29, 0.717) is 30.2 Å². The van der Waals surface area contributed by atoms with Crippen molar-refractivity contribution in [2.24, 2.45) is 0 Å². The van der Waals surface area contributed by atoms with Gasteiger partial charge in [0.25, 0.3) is 0 Å². The molecule has 0 atom stereocenters. The average Bonchev–Trinajstić information content (AvgIpc) is 3.27. The van der Waals surface area contributed by atoms with Crippen LogP contribution in [0.4, 0.5) is 18.9 Å².